The molecule has 0 bridgehead atoms. The molecule has 1 aliphatic rings. The highest BCUT2D eigenvalue weighted by Crippen LogP contribution is 2.35. The summed E-state index contributed by atoms with van der Waals surface area (Å²) in [7, 11) is 0. The normalized spacial score (nSPS) is 16.3. The third kappa shape index (κ3) is 4.26. The monoisotopic (exact) mass is 361 g/mol. The fraction of sp³-hybridized carbons (Fsp3) is 0.364. The van der Waals surface area contributed by atoms with Gasteiger partial charge in [0.2, 0.25) is 5.88 Å². The summed E-state index contributed by atoms with van der Waals surface area (Å²) in [4.78, 5) is 8.97. The maximum Gasteiger partial charge on any atom is 0.213 e. The molecule has 3 aromatic rings. The molecule has 5 nitrogen and oxygen atoms in total. The number of benzene rings is 1. The second-order valence-electron chi connectivity index (χ2n) is 7.16. The molecule has 0 N–H and O–H groups in total. The standard InChI is InChI=1S/C22H23N3O2/c26-25-22(17-7-2-1-3-8-17)18-11-13-21(23-14-18)27-15-19-12-10-16-6-4-5-9-20(16)24-19/h4-6,9-14,17,22H,1-3,7-8,15H2. The van der Waals surface area contributed by atoms with Gasteiger partial charge in [0.05, 0.1) is 17.3 Å². The van der Waals surface area contributed by atoms with Crippen LogP contribution in [0.1, 0.15) is 49.4 Å². The summed E-state index contributed by atoms with van der Waals surface area (Å²) < 4.78 is 5.77. The van der Waals surface area contributed by atoms with Crippen molar-refractivity contribution in [3.05, 3.63) is 66.0 Å². The molecule has 1 fully saturated rings. The molecule has 2 heterocycles. The molecule has 138 valence electrons. The van der Waals surface area contributed by atoms with Crippen molar-refractivity contribution in [1.82, 2.24) is 15.4 Å². The van der Waals surface area contributed by atoms with E-state index in [1.165, 1.54) is 19.3 Å². The van der Waals surface area contributed by atoms with E-state index in [9.17, 15) is 5.21 Å². The summed E-state index contributed by atoms with van der Waals surface area (Å²) in [5.41, 5.74) is 6.08. The molecular formula is C22H23N3O2. The van der Waals surface area contributed by atoms with Gasteiger partial charge in [-0.05, 0) is 36.5 Å². The van der Waals surface area contributed by atoms with Crippen LogP contribution in [0.5, 0.6) is 5.88 Å². The van der Waals surface area contributed by atoms with Gasteiger partial charge in [0.15, 0.2) is 0 Å². The number of nitrogens with zero attached hydrogens (tertiary/aromatic N) is 3. The topological polar surface area (TPSA) is 69.0 Å². The third-order valence-electron chi connectivity index (χ3n) is 5.33. The lowest BCUT2D eigenvalue weighted by Gasteiger charge is -2.27. The van der Waals surface area contributed by atoms with E-state index in [0.717, 1.165) is 35.0 Å². The Morgan fingerprint density at radius 2 is 1.89 bits per heavy atom. The molecule has 1 unspecified atom stereocenters. The molecule has 0 aliphatic heterocycles. The zero-order valence-electron chi connectivity index (χ0n) is 15.3. The first-order valence-corrected chi connectivity index (χ1v) is 9.59. The van der Waals surface area contributed by atoms with Gasteiger partial charge in [0, 0.05) is 17.6 Å². The molecule has 0 amide bonds. The molecule has 5 heteroatoms. The fourth-order valence-corrected chi connectivity index (χ4v) is 3.86. The fourth-order valence-electron chi connectivity index (χ4n) is 3.86. The van der Waals surface area contributed by atoms with Gasteiger partial charge in [-0.25, -0.2) is 9.97 Å². The first-order chi connectivity index (χ1) is 13.3. The lowest BCUT2D eigenvalue weighted by Crippen LogP contribution is -2.22. The maximum absolute atomic E-state index is 11.4. The third-order valence-corrected chi connectivity index (χ3v) is 5.33. The largest absolute Gasteiger partial charge is 0.471 e. The van der Waals surface area contributed by atoms with Gasteiger partial charge in [0.1, 0.15) is 6.61 Å². The highest BCUT2D eigenvalue weighted by atomic mass is 16.5. The van der Waals surface area contributed by atoms with Crippen LogP contribution in [0, 0.1) is 5.92 Å². The van der Waals surface area contributed by atoms with Crippen molar-refractivity contribution in [3.8, 4) is 5.88 Å². The van der Waals surface area contributed by atoms with Crippen molar-refractivity contribution in [2.45, 2.75) is 44.8 Å². The minimum atomic E-state index is -0.297. The van der Waals surface area contributed by atoms with E-state index in [0.29, 0.717) is 18.4 Å². The lowest BCUT2D eigenvalue weighted by molar-refractivity contribution is 0.00720. The second kappa shape index (κ2) is 8.46. The Morgan fingerprint density at radius 3 is 2.67 bits per heavy atom. The van der Waals surface area contributed by atoms with Crippen molar-refractivity contribution >= 4 is 10.9 Å². The van der Waals surface area contributed by atoms with E-state index in [4.69, 9.17) is 4.74 Å². The Bertz CT molecular complexity index is 876. The molecule has 27 heavy (non-hydrogen) atoms. The van der Waals surface area contributed by atoms with E-state index in [2.05, 4.69) is 15.4 Å². The van der Waals surface area contributed by atoms with Gasteiger partial charge >= 0.3 is 0 Å². The minimum Gasteiger partial charge on any atom is -0.471 e. The molecule has 1 atom stereocenters. The molecule has 2 aromatic heterocycles. The highest BCUT2D eigenvalue weighted by molar-refractivity contribution is 5.78. The predicted molar refractivity (Wildman–Crippen MR) is 102 cm³/mol. The summed E-state index contributed by atoms with van der Waals surface area (Å²) in [5, 5.41) is 12.5. The Hall–Kier alpha value is -2.50. The maximum atomic E-state index is 11.4. The summed E-state index contributed by atoms with van der Waals surface area (Å²) >= 11 is 0. The lowest BCUT2D eigenvalue weighted by atomic mass is 9.82. The molecule has 2 radical (unpaired) electrons. The van der Waals surface area contributed by atoms with Crippen LogP contribution in [0.25, 0.3) is 10.9 Å². The van der Waals surface area contributed by atoms with Crippen molar-refractivity contribution in [2.24, 2.45) is 5.92 Å². The molecule has 0 spiro atoms. The zero-order valence-corrected chi connectivity index (χ0v) is 15.3. The smallest absolute Gasteiger partial charge is 0.213 e. The average Bonchev–Trinajstić information content (AvgIpc) is 2.74. The molecule has 4 rings (SSSR count). The first-order valence-electron chi connectivity index (χ1n) is 9.59. The number of pyridine rings is 2. The second-order valence-corrected chi connectivity index (χ2v) is 7.16. The van der Waals surface area contributed by atoms with E-state index >= 15 is 0 Å². The molecule has 1 aliphatic carbocycles. The number of aromatic nitrogens is 2. The molecular weight excluding hydrogens is 338 g/mol. The molecule has 1 aromatic carbocycles. The first kappa shape index (κ1) is 17.9. The quantitative estimate of drug-likeness (QED) is 0.593. The Kier molecular flexibility index (Phi) is 5.61. The number of hydroxylamine groups is 1. The van der Waals surface area contributed by atoms with Crippen LogP contribution in [0.2, 0.25) is 0 Å². The van der Waals surface area contributed by atoms with Crippen molar-refractivity contribution in [3.63, 3.8) is 0 Å². The van der Waals surface area contributed by atoms with Gasteiger partial charge < -0.3 is 4.74 Å². The number of fused-ring (bicyclic) bond motifs is 1. The molecule has 1 saturated carbocycles. The Morgan fingerprint density at radius 1 is 1.04 bits per heavy atom. The van der Waals surface area contributed by atoms with E-state index in [-0.39, 0.29) is 6.04 Å². The van der Waals surface area contributed by atoms with Crippen LogP contribution in [0.4, 0.5) is 0 Å². The average molecular weight is 361 g/mol. The Labute approximate surface area is 159 Å². The van der Waals surface area contributed by atoms with Gasteiger partial charge in [-0.3, -0.25) is 0 Å². The number of hydrogen-bond donors (Lipinski definition) is 0. The number of hydrogen-bond acceptors (Lipinski definition) is 3. The van der Waals surface area contributed by atoms with Crippen LogP contribution in [0.3, 0.4) is 0 Å². The SMILES string of the molecule is [O][N]C(c1ccc(OCc2ccc3ccccc3n2)nc1)C1CCCCC1. The summed E-state index contributed by atoms with van der Waals surface area (Å²) in [6.45, 7) is 0.356. The van der Waals surface area contributed by atoms with Crippen molar-refractivity contribution in [1.29, 1.82) is 0 Å². The minimum absolute atomic E-state index is 0.297. The van der Waals surface area contributed by atoms with E-state index < -0.39 is 0 Å². The summed E-state index contributed by atoms with van der Waals surface area (Å²) in [6, 6.07) is 15.4. The number of rotatable bonds is 6. The molecule has 0 saturated heterocycles. The van der Waals surface area contributed by atoms with E-state index in [1.54, 1.807) is 6.20 Å². The van der Waals surface area contributed by atoms with Crippen LogP contribution in [-0.4, -0.2) is 9.97 Å². The number of ether oxygens (including phenoxy) is 1. The van der Waals surface area contributed by atoms with Gasteiger partial charge in [-0.2, -0.15) is 0 Å². The zero-order chi connectivity index (χ0) is 18.5. The van der Waals surface area contributed by atoms with Crippen LogP contribution in [-0.2, 0) is 11.8 Å². The van der Waals surface area contributed by atoms with Crippen LogP contribution < -0.4 is 10.2 Å². The number of para-hydroxylation sites is 1. The predicted octanol–water partition coefficient (Wildman–Crippen LogP) is 4.78. The summed E-state index contributed by atoms with van der Waals surface area (Å²) in [5.74, 6) is 0.869. The highest BCUT2D eigenvalue weighted by Gasteiger charge is 2.26. The van der Waals surface area contributed by atoms with Crippen molar-refractivity contribution < 1.29 is 9.94 Å². The van der Waals surface area contributed by atoms with Crippen LogP contribution in [0.15, 0.2) is 54.7 Å². The van der Waals surface area contributed by atoms with Gasteiger partial charge in [0.25, 0.3) is 0 Å². The summed E-state index contributed by atoms with van der Waals surface area (Å²) in [6.07, 6.45) is 7.50. The Balaban J connectivity index is 1.40. The van der Waals surface area contributed by atoms with E-state index in [1.807, 2.05) is 48.5 Å². The van der Waals surface area contributed by atoms with Gasteiger partial charge in [-0.15, -0.1) is 5.21 Å². The van der Waals surface area contributed by atoms with Gasteiger partial charge in [-0.1, -0.05) is 55.1 Å². The van der Waals surface area contributed by atoms with Crippen molar-refractivity contribution in [2.75, 3.05) is 0 Å². The van der Waals surface area contributed by atoms with Crippen LogP contribution >= 0.6 is 0 Å².